The van der Waals surface area contributed by atoms with Gasteiger partial charge in [-0.3, -0.25) is 9.59 Å². The molecular weight excluding hydrogens is 364 g/mol. The molecule has 0 saturated heterocycles. The van der Waals surface area contributed by atoms with Crippen molar-refractivity contribution in [3.63, 3.8) is 0 Å². The van der Waals surface area contributed by atoms with Gasteiger partial charge in [-0.2, -0.15) is 0 Å². The van der Waals surface area contributed by atoms with Crippen LogP contribution < -0.4 is 0 Å². The summed E-state index contributed by atoms with van der Waals surface area (Å²) < 4.78 is 0. The molecule has 0 spiro atoms. The molecular formula is C25H42O4. The summed E-state index contributed by atoms with van der Waals surface area (Å²) in [6.45, 7) is 2.25. The van der Waals surface area contributed by atoms with E-state index in [9.17, 15) is 9.59 Å². The van der Waals surface area contributed by atoms with Gasteiger partial charge >= 0.3 is 11.9 Å². The van der Waals surface area contributed by atoms with Crippen LogP contribution >= 0.6 is 0 Å². The standard InChI is InChI=1S/C25H42O4/c1-2-3-4-5-6-7-8-9-10-11-12-13-18-23(19-14-16-21-24(26)27)20-15-17-22-25(28)29/h19H,2-12,14-17,20-22H2,1H3,(H,26,27)(H,28,29)/b23-19-. The van der Waals surface area contributed by atoms with Crippen molar-refractivity contribution in [3.05, 3.63) is 11.6 Å². The van der Waals surface area contributed by atoms with Crippen LogP contribution in [-0.2, 0) is 9.59 Å². The minimum absolute atomic E-state index is 0.175. The molecule has 0 heterocycles. The van der Waals surface area contributed by atoms with Gasteiger partial charge in [-0.15, -0.1) is 0 Å². The Bertz CT molecular complexity index is 511. The molecule has 0 rings (SSSR count). The molecule has 0 bridgehead atoms. The van der Waals surface area contributed by atoms with E-state index in [2.05, 4.69) is 18.8 Å². The van der Waals surface area contributed by atoms with Crippen LogP contribution in [0.5, 0.6) is 0 Å². The van der Waals surface area contributed by atoms with Crippen molar-refractivity contribution in [3.8, 4) is 11.8 Å². The monoisotopic (exact) mass is 406 g/mol. The van der Waals surface area contributed by atoms with Gasteiger partial charge in [-0.25, -0.2) is 0 Å². The first kappa shape index (κ1) is 27.2. The van der Waals surface area contributed by atoms with E-state index in [0.29, 0.717) is 19.3 Å². The Kier molecular flexibility index (Phi) is 19.7. The highest BCUT2D eigenvalue weighted by Gasteiger charge is 2.00. The van der Waals surface area contributed by atoms with Crippen LogP contribution in [0, 0.1) is 11.8 Å². The maximum absolute atomic E-state index is 10.6. The van der Waals surface area contributed by atoms with E-state index in [1.54, 1.807) is 0 Å². The fraction of sp³-hybridized carbons (Fsp3) is 0.760. The normalized spacial score (nSPS) is 11.1. The van der Waals surface area contributed by atoms with Crippen LogP contribution in [0.25, 0.3) is 0 Å². The van der Waals surface area contributed by atoms with Crippen molar-refractivity contribution in [2.24, 2.45) is 0 Å². The molecule has 0 aliphatic heterocycles. The van der Waals surface area contributed by atoms with Crippen LogP contribution in [0.1, 0.15) is 122 Å². The van der Waals surface area contributed by atoms with Gasteiger partial charge in [0.1, 0.15) is 0 Å². The minimum Gasteiger partial charge on any atom is -0.481 e. The first-order chi connectivity index (χ1) is 14.1. The van der Waals surface area contributed by atoms with Crippen molar-refractivity contribution >= 4 is 11.9 Å². The van der Waals surface area contributed by atoms with Gasteiger partial charge in [0.15, 0.2) is 0 Å². The first-order valence-electron chi connectivity index (χ1n) is 11.7. The highest BCUT2D eigenvalue weighted by molar-refractivity contribution is 5.66. The Hall–Kier alpha value is -1.76. The van der Waals surface area contributed by atoms with Crippen molar-refractivity contribution in [1.82, 2.24) is 0 Å². The van der Waals surface area contributed by atoms with Crippen LogP contribution in [0.15, 0.2) is 11.6 Å². The van der Waals surface area contributed by atoms with Crippen LogP contribution in [-0.4, -0.2) is 22.2 Å². The van der Waals surface area contributed by atoms with Gasteiger partial charge < -0.3 is 10.2 Å². The molecule has 4 heteroatoms. The predicted octanol–water partition coefficient (Wildman–Crippen LogP) is 7.13. The van der Waals surface area contributed by atoms with Crippen molar-refractivity contribution < 1.29 is 19.8 Å². The summed E-state index contributed by atoms with van der Waals surface area (Å²) in [5, 5.41) is 17.5. The second kappa shape index (κ2) is 21.0. The second-order valence-electron chi connectivity index (χ2n) is 7.85. The smallest absolute Gasteiger partial charge is 0.303 e. The molecule has 29 heavy (non-hydrogen) atoms. The SMILES string of the molecule is CCCCCCCCCCCCC#C/C(=C/CCCC(=O)O)CCCCC(=O)O. The summed E-state index contributed by atoms with van der Waals surface area (Å²) >= 11 is 0. The number of carboxylic acids is 2. The lowest BCUT2D eigenvalue weighted by Crippen LogP contribution is -1.94. The van der Waals surface area contributed by atoms with Crippen molar-refractivity contribution in [2.75, 3.05) is 0 Å². The summed E-state index contributed by atoms with van der Waals surface area (Å²) in [5.41, 5.74) is 1.04. The number of carbonyl (C=O) groups is 2. The number of allylic oxidation sites excluding steroid dienone is 2. The fourth-order valence-electron chi connectivity index (χ4n) is 3.21. The molecule has 0 aliphatic rings. The van der Waals surface area contributed by atoms with Crippen LogP contribution in [0.4, 0.5) is 0 Å². The van der Waals surface area contributed by atoms with Gasteiger partial charge in [-0.05, 0) is 44.1 Å². The first-order valence-corrected chi connectivity index (χ1v) is 11.7. The van der Waals surface area contributed by atoms with Gasteiger partial charge in [0.05, 0.1) is 0 Å². The molecule has 0 aromatic heterocycles. The van der Waals surface area contributed by atoms with Gasteiger partial charge in [-0.1, -0.05) is 82.6 Å². The van der Waals surface area contributed by atoms with E-state index in [4.69, 9.17) is 10.2 Å². The van der Waals surface area contributed by atoms with Gasteiger partial charge in [0.25, 0.3) is 0 Å². The second-order valence-corrected chi connectivity index (χ2v) is 7.85. The molecule has 0 radical (unpaired) electrons. The van der Waals surface area contributed by atoms with E-state index in [0.717, 1.165) is 31.3 Å². The third kappa shape index (κ3) is 22.4. The summed E-state index contributed by atoms with van der Waals surface area (Å²) in [7, 11) is 0. The third-order valence-corrected chi connectivity index (χ3v) is 4.98. The quantitative estimate of drug-likeness (QED) is 0.177. The van der Waals surface area contributed by atoms with E-state index < -0.39 is 11.9 Å². The zero-order valence-corrected chi connectivity index (χ0v) is 18.5. The van der Waals surface area contributed by atoms with E-state index in [1.165, 1.54) is 57.8 Å². The molecule has 2 N–H and O–H groups in total. The highest BCUT2D eigenvalue weighted by Crippen LogP contribution is 2.13. The Morgan fingerprint density at radius 3 is 1.79 bits per heavy atom. The van der Waals surface area contributed by atoms with E-state index in [-0.39, 0.29) is 12.8 Å². The Morgan fingerprint density at radius 2 is 1.21 bits per heavy atom. The number of carboxylic acid groups (broad SMARTS) is 2. The fourth-order valence-corrected chi connectivity index (χ4v) is 3.21. The predicted molar refractivity (Wildman–Crippen MR) is 120 cm³/mol. The van der Waals surface area contributed by atoms with Crippen LogP contribution in [0.3, 0.4) is 0 Å². The molecule has 166 valence electrons. The van der Waals surface area contributed by atoms with E-state index >= 15 is 0 Å². The minimum atomic E-state index is -0.770. The topological polar surface area (TPSA) is 74.6 Å². The average molecular weight is 407 g/mol. The highest BCUT2D eigenvalue weighted by atomic mass is 16.4. The molecule has 4 nitrogen and oxygen atoms in total. The third-order valence-electron chi connectivity index (χ3n) is 4.98. The number of aliphatic carboxylic acids is 2. The lowest BCUT2D eigenvalue weighted by Gasteiger charge is -2.01. The molecule has 0 aliphatic carbocycles. The van der Waals surface area contributed by atoms with Gasteiger partial charge in [0, 0.05) is 19.3 Å². The average Bonchev–Trinajstić information content (AvgIpc) is 2.68. The Morgan fingerprint density at radius 1 is 0.690 bits per heavy atom. The Balaban J connectivity index is 4.00. The van der Waals surface area contributed by atoms with Gasteiger partial charge in [0.2, 0.25) is 0 Å². The molecule has 0 fully saturated rings. The summed E-state index contributed by atoms with van der Waals surface area (Å²) in [4.78, 5) is 21.2. The lowest BCUT2D eigenvalue weighted by molar-refractivity contribution is -0.138. The number of hydrogen-bond acceptors (Lipinski definition) is 2. The van der Waals surface area contributed by atoms with E-state index in [1.807, 2.05) is 6.08 Å². The Labute approximate surface area is 178 Å². The number of rotatable bonds is 19. The molecule has 0 unspecified atom stereocenters. The van der Waals surface area contributed by atoms with Crippen molar-refractivity contribution in [1.29, 1.82) is 0 Å². The summed E-state index contributed by atoms with van der Waals surface area (Å²) in [6.07, 6.45) is 20.1. The number of hydrogen-bond donors (Lipinski definition) is 2. The summed E-state index contributed by atoms with van der Waals surface area (Å²) in [5.74, 6) is 4.97. The molecule has 0 aromatic rings. The maximum Gasteiger partial charge on any atom is 0.303 e. The number of unbranched alkanes of at least 4 members (excludes halogenated alkanes) is 12. The lowest BCUT2D eigenvalue weighted by atomic mass is 10.0. The largest absolute Gasteiger partial charge is 0.481 e. The van der Waals surface area contributed by atoms with Crippen molar-refractivity contribution in [2.45, 2.75) is 122 Å². The summed E-state index contributed by atoms with van der Waals surface area (Å²) in [6, 6.07) is 0. The van der Waals surface area contributed by atoms with Crippen LogP contribution in [0.2, 0.25) is 0 Å². The molecule has 0 aromatic carbocycles. The zero-order valence-electron chi connectivity index (χ0n) is 18.5. The molecule has 0 saturated carbocycles. The molecule has 0 amide bonds. The molecule has 0 atom stereocenters. The zero-order chi connectivity index (χ0) is 21.6. The maximum atomic E-state index is 10.6.